The second kappa shape index (κ2) is 8.52. The quantitative estimate of drug-likeness (QED) is 0.680. The fourth-order valence-corrected chi connectivity index (χ4v) is 4.66. The van der Waals surface area contributed by atoms with Crippen molar-refractivity contribution in [3.05, 3.63) is 54.1 Å². The zero-order valence-electron chi connectivity index (χ0n) is 15.8. The Bertz CT molecular complexity index is 1090. The Morgan fingerprint density at radius 2 is 1.69 bits per heavy atom. The van der Waals surface area contributed by atoms with Crippen LogP contribution in [0.3, 0.4) is 0 Å². The van der Waals surface area contributed by atoms with Crippen LogP contribution in [0.1, 0.15) is 23.2 Å². The summed E-state index contributed by atoms with van der Waals surface area (Å²) in [6.45, 7) is 1.03. The molecular weight excluding hydrogens is 416 g/mol. The number of nitrogens with one attached hydrogen (secondary N) is 2. The van der Waals surface area contributed by atoms with Crippen LogP contribution in [0.25, 0.3) is 0 Å². The van der Waals surface area contributed by atoms with E-state index in [2.05, 4.69) is 10.0 Å². The van der Waals surface area contributed by atoms with Crippen LogP contribution in [0.15, 0.2) is 58.3 Å². The van der Waals surface area contributed by atoms with Crippen molar-refractivity contribution in [3.63, 3.8) is 0 Å². The number of para-hydroxylation sites is 1. The first-order valence-corrected chi connectivity index (χ1v) is 12.4. The summed E-state index contributed by atoms with van der Waals surface area (Å²) in [7, 11) is -7.45. The molecule has 0 bridgehead atoms. The molecule has 0 aliphatic carbocycles. The molecule has 0 radical (unpaired) electrons. The van der Waals surface area contributed by atoms with Crippen molar-refractivity contribution in [2.75, 3.05) is 24.1 Å². The van der Waals surface area contributed by atoms with Crippen LogP contribution in [0.4, 0.5) is 5.69 Å². The minimum atomic E-state index is -4.01. The van der Waals surface area contributed by atoms with Crippen molar-refractivity contribution in [3.8, 4) is 0 Å². The predicted molar refractivity (Wildman–Crippen MR) is 108 cm³/mol. The second-order valence-corrected chi connectivity index (χ2v) is 10.4. The Morgan fingerprint density at radius 1 is 1.03 bits per heavy atom. The number of rotatable bonds is 7. The predicted octanol–water partition coefficient (Wildman–Crippen LogP) is 1.80. The molecule has 29 heavy (non-hydrogen) atoms. The molecule has 156 valence electrons. The summed E-state index contributed by atoms with van der Waals surface area (Å²) in [6, 6.07) is 11.1. The number of carbonyl (C=O) groups is 1. The molecule has 0 saturated carbocycles. The number of carbonyl (C=O) groups excluding carboxylic acids is 1. The number of amides is 1. The Labute approximate surface area is 170 Å². The first kappa shape index (κ1) is 21.3. The van der Waals surface area contributed by atoms with Crippen molar-refractivity contribution >= 4 is 31.5 Å². The lowest BCUT2D eigenvalue weighted by molar-refractivity contribution is 0.0858. The van der Waals surface area contributed by atoms with E-state index in [0.717, 1.165) is 19.1 Å². The van der Waals surface area contributed by atoms with Gasteiger partial charge >= 0.3 is 0 Å². The van der Waals surface area contributed by atoms with Gasteiger partial charge in [-0.2, -0.15) is 0 Å². The Kier molecular flexibility index (Phi) is 6.25. The Morgan fingerprint density at radius 3 is 2.31 bits per heavy atom. The molecule has 1 aliphatic heterocycles. The number of ether oxygens (including phenoxy) is 1. The highest BCUT2D eigenvalue weighted by Gasteiger charge is 2.21. The fraction of sp³-hybridized carbons (Fsp3) is 0.316. The van der Waals surface area contributed by atoms with E-state index < -0.39 is 25.8 Å². The van der Waals surface area contributed by atoms with Gasteiger partial charge in [0.1, 0.15) is 0 Å². The monoisotopic (exact) mass is 438 g/mol. The van der Waals surface area contributed by atoms with Crippen molar-refractivity contribution in [2.45, 2.75) is 28.7 Å². The lowest BCUT2D eigenvalue weighted by Crippen LogP contribution is -2.32. The number of sulfone groups is 1. The Hall–Kier alpha value is -2.43. The molecule has 1 heterocycles. The SMILES string of the molecule is CS(=O)(=O)c1ccc(S(=O)(=O)Nc2ccccc2C(=O)NC[C@@H]2CCCO2)cc1. The molecule has 1 aliphatic rings. The smallest absolute Gasteiger partial charge is 0.261 e. The largest absolute Gasteiger partial charge is 0.376 e. The minimum Gasteiger partial charge on any atom is -0.376 e. The molecule has 2 aromatic rings. The van der Waals surface area contributed by atoms with E-state index in [1.165, 1.54) is 36.4 Å². The van der Waals surface area contributed by atoms with E-state index in [9.17, 15) is 21.6 Å². The van der Waals surface area contributed by atoms with Gasteiger partial charge < -0.3 is 10.1 Å². The van der Waals surface area contributed by atoms with Gasteiger partial charge in [-0.3, -0.25) is 9.52 Å². The van der Waals surface area contributed by atoms with E-state index >= 15 is 0 Å². The molecular formula is C19H22N2O6S2. The average molecular weight is 439 g/mol. The van der Waals surface area contributed by atoms with Gasteiger partial charge in [0, 0.05) is 19.4 Å². The summed E-state index contributed by atoms with van der Waals surface area (Å²) >= 11 is 0. The maximum Gasteiger partial charge on any atom is 0.261 e. The van der Waals surface area contributed by atoms with E-state index in [1.54, 1.807) is 12.1 Å². The summed E-state index contributed by atoms with van der Waals surface area (Å²) in [4.78, 5) is 12.4. The van der Waals surface area contributed by atoms with Crippen LogP contribution in [0.2, 0.25) is 0 Å². The summed E-state index contributed by atoms with van der Waals surface area (Å²) < 4.78 is 56.3. The fourth-order valence-electron chi connectivity index (χ4n) is 2.95. The van der Waals surface area contributed by atoms with Crippen LogP contribution >= 0.6 is 0 Å². The van der Waals surface area contributed by atoms with Crippen LogP contribution in [-0.2, 0) is 24.6 Å². The van der Waals surface area contributed by atoms with Gasteiger partial charge in [-0.25, -0.2) is 16.8 Å². The number of anilines is 1. The molecule has 2 N–H and O–H groups in total. The number of hydrogen-bond acceptors (Lipinski definition) is 6. The van der Waals surface area contributed by atoms with E-state index in [1.807, 2.05) is 0 Å². The highest BCUT2D eigenvalue weighted by molar-refractivity contribution is 7.92. The van der Waals surface area contributed by atoms with Gasteiger partial charge in [-0.15, -0.1) is 0 Å². The normalized spacial score (nSPS) is 17.1. The standard InChI is InChI=1S/C19H22N2O6S2/c1-28(23,24)15-8-10-16(11-9-15)29(25,26)21-18-7-3-2-6-17(18)19(22)20-13-14-5-4-12-27-14/h2-3,6-11,14,21H,4-5,12-13H2,1H3,(H,20,22)/t14-/m0/s1. The summed E-state index contributed by atoms with van der Waals surface area (Å²) in [5, 5.41) is 2.77. The molecule has 8 nitrogen and oxygen atoms in total. The molecule has 1 fully saturated rings. The van der Waals surface area contributed by atoms with Crippen LogP contribution in [-0.4, -0.2) is 48.3 Å². The molecule has 3 rings (SSSR count). The molecule has 0 spiro atoms. The number of benzene rings is 2. The van der Waals surface area contributed by atoms with Crippen molar-refractivity contribution in [2.24, 2.45) is 0 Å². The van der Waals surface area contributed by atoms with Gasteiger partial charge in [0.2, 0.25) is 0 Å². The number of sulfonamides is 1. The maximum atomic E-state index is 12.7. The van der Waals surface area contributed by atoms with Gasteiger partial charge in [-0.05, 0) is 49.2 Å². The first-order chi connectivity index (χ1) is 13.7. The third-order valence-electron chi connectivity index (χ3n) is 4.49. The molecule has 1 atom stereocenters. The van der Waals surface area contributed by atoms with Gasteiger partial charge in [-0.1, -0.05) is 12.1 Å². The molecule has 2 aromatic carbocycles. The zero-order valence-corrected chi connectivity index (χ0v) is 17.4. The van der Waals surface area contributed by atoms with Crippen molar-refractivity contribution < 1.29 is 26.4 Å². The highest BCUT2D eigenvalue weighted by Crippen LogP contribution is 2.21. The lowest BCUT2D eigenvalue weighted by atomic mass is 10.1. The van der Waals surface area contributed by atoms with Crippen LogP contribution in [0, 0.1) is 0 Å². The maximum absolute atomic E-state index is 12.7. The summed E-state index contributed by atoms with van der Waals surface area (Å²) in [5.41, 5.74) is 0.311. The van der Waals surface area contributed by atoms with E-state index in [-0.39, 0.29) is 27.1 Å². The van der Waals surface area contributed by atoms with E-state index in [4.69, 9.17) is 4.74 Å². The first-order valence-electron chi connectivity index (χ1n) is 8.98. The molecule has 0 unspecified atom stereocenters. The highest BCUT2D eigenvalue weighted by atomic mass is 32.2. The average Bonchev–Trinajstić information content (AvgIpc) is 3.19. The lowest BCUT2D eigenvalue weighted by Gasteiger charge is -2.14. The van der Waals surface area contributed by atoms with Crippen molar-refractivity contribution in [1.82, 2.24) is 5.32 Å². The molecule has 10 heteroatoms. The third-order valence-corrected chi connectivity index (χ3v) is 7.00. The zero-order chi connectivity index (χ0) is 21.1. The van der Waals surface area contributed by atoms with Gasteiger partial charge in [0.05, 0.1) is 27.1 Å². The van der Waals surface area contributed by atoms with Crippen molar-refractivity contribution in [1.29, 1.82) is 0 Å². The van der Waals surface area contributed by atoms with E-state index in [0.29, 0.717) is 13.2 Å². The van der Waals surface area contributed by atoms with Gasteiger partial charge in [0.25, 0.3) is 15.9 Å². The minimum absolute atomic E-state index is 0.0189. The topological polar surface area (TPSA) is 119 Å². The molecule has 1 amide bonds. The Balaban J connectivity index is 1.77. The second-order valence-electron chi connectivity index (χ2n) is 6.74. The third kappa shape index (κ3) is 5.34. The van der Waals surface area contributed by atoms with Crippen LogP contribution in [0.5, 0.6) is 0 Å². The number of hydrogen-bond donors (Lipinski definition) is 2. The van der Waals surface area contributed by atoms with Gasteiger partial charge in [0.15, 0.2) is 9.84 Å². The molecule has 0 aromatic heterocycles. The molecule has 1 saturated heterocycles. The summed E-state index contributed by atoms with van der Waals surface area (Å²) in [6.07, 6.45) is 2.84. The van der Waals surface area contributed by atoms with Crippen LogP contribution < -0.4 is 10.0 Å². The summed E-state index contributed by atoms with van der Waals surface area (Å²) in [5.74, 6) is -0.411.